The maximum absolute atomic E-state index is 12.8. The number of hydrogen-bond donors (Lipinski definition) is 1. The summed E-state index contributed by atoms with van der Waals surface area (Å²) in [6.45, 7) is 10.7. The third kappa shape index (κ3) is 4.63. The Kier molecular flexibility index (Phi) is 6.57. The minimum Gasteiger partial charge on any atom is -0.342 e. The van der Waals surface area contributed by atoms with E-state index in [0.29, 0.717) is 6.54 Å². The number of hydrogen-bond acceptors (Lipinski definition) is 3. The number of nitrogens with zero attached hydrogens (tertiary/aromatic N) is 1. The van der Waals surface area contributed by atoms with E-state index >= 15 is 0 Å². The van der Waals surface area contributed by atoms with Crippen LogP contribution in [0.5, 0.6) is 0 Å². The summed E-state index contributed by atoms with van der Waals surface area (Å²) in [6, 6.07) is -0.745. The van der Waals surface area contributed by atoms with Crippen LogP contribution >= 0.6 is 11.8 Å². The maximum atomic E-state index is 12.8. The SMILES string of the molecule is CSCCCCN1C(=O)C(C(C)(C)C)NC(=O)C1C(C)C. The van der Waals surface area contributed by atoms with Gasteiger partial charge < -0.3 is 10.2 Å². The van der Waals surface area contributed by atoms with Crippen LogP contribution in [0.3, 0.4) is 0 Å². The van der Waals surface area contributed by atoms with Crippen LogP contribution in [0.15, 0.2) is 0 Å². The molecule has 1 rings (SSSR count). The van der Waals surface area contributed by atoms with Gasteiger partial charge in [-0.1, -0.05) is 34.6 Å². The van der Waals surface area contributed by atoms with Crippen LogP contribution in [0.25, 0.3) is 0 Å². The van der Waals surface area contributed by atoms with Crippen molar-refractivity contribution in [3.05, 3.63) is 0 Å². The molecule has 1 fully saturated rings. The van der Waals surface area contributed by atoms with E-state index in [1.165, 1.54) is 0 Å². The number of thioether (sulfide) groups is 1. The quantitative estimate of drug-likeness (QED) is 0.767. The summed E-state index contributed by atoms with van der Waals surface area (Å²) in [4.78, 5) is 27.1. The van der Waals surface area contributed by atoms with Gasteiger partial charge >= 0.3 is 0 Å². The monoisotopic (exact) mass is 314 g/mol. The Balaban J connectivity index is 2.88. The molecule has 2 amide bonds. The normalized spacial score (nSPS) is 23.7. The molecule has 0 aliphatic carbocycles. The molecule has 1 aliphatic heterocycles. The minimum atomic E-state index is -0.416. The molecule has 1 aliphatic rings. The second-order valence-electron chi connectivity index (χ2n) is 7.23. The van der Waals surface area contributed by atoms with Gasteiger partial charge in [-0.15, -0.1) is 0 Å². The molecule has 4 nitrogen and oxygen atoms in total. The number of rotatable bonds is 6. The lowest BCUT2D eigenvalue weighted by atomic mass is 9.82. The first-order chi connectivity index (χ1) is 9.70. The van der Waals surface area contributed by atoms with Gasteiger partial charge in [-0.05, 0) is 36.2 Å². The molecule has 1 heterocycles. The molecule has 0 aromatic rings. The van der Waals surface area contributed by atoms with Crippen molar-refractivity contribution < 1.29 is 9.59 Å². The number of amides is 2. The lowest BCUT2D eigenvalue weighted by Gasteiger charge is -2.44. The standard InChI is InChI=1S/C16H30N2O2S/c1-11(2)12-14(19)17-13(16(3,4)5)15(20)18(12)9-7-8-10-21-6/h11-13H,7-10H2,1-6H3,(H,17,19). The van der Waals surface area contributed by atoms with Crippen molar-refractivity contribution in [2.45, 2.75) is 59.5 Å². The van der Waals surface area contributed by atoms with Gasteiger partial charge in [0, 0.05) is 6.54 Å². The molecule has 0 bridgehead atoms. The highest BCUT2D eigenvalue weighted by molar-refractivity contribution is 7.98. The number of piperazine rings is 1. The summed E-state index contributed by atoms with van der Waals surface area (Å²) in [6.07, 6.45) is 4.13. The van der Waals surface area contributed by atoms with Crippen molar-refractivity contribution >= 4 is 23.6 Å². The van der Waals surface area contributed by atoms with E-state index in [1.807, 2.05) is 51.3 Å². The number of unbranched alkanes of at least 4 members (excludes halogenated alkanes) is 1. The fourth-order valence-corrected chi connectivity index (χ4v) is 3.25. The molecule has 0 spiro atoms. The van der Waals surface area contributed by atoms with Crippen LogP contribution in [-0.2, 0) is 9.59 Å². The van der Waals surface area contributed by atoms with Gasteiger partial charge in [-0.3, -0.25) is 9.59 Å². The van der Waals surface area contributed by atoms with Gasteiger partial charge in [0.05, 0.1) is 0 Å². The van der Waals surface area contributed by atoms with Crippen LogP contribution in [0.4, 0.5) is 0 Å². The summed E-state index contributed by atoms with van der Waals surface area (Å²) in [5.41, 5.74) is -0.258. The first kappa shape index (κ1) is 18.3. The summed E-state index contributed by atoms with van der Waals surface area (Å²) in [5.74, 6) is 1.30. The first-order valence-corrected chi connectivity index (χ1v) is 9.19. The van der Waals surface area contributed by atoms with E-state index in [0.717, 1.165) is 18.6 Å². The van der Waals surface area contributed by atoms with Crippen LogP contribution in [0.2, 0.25) is 0 Å². The summed E-state index contributed by atoms with van der Waals surface area (Å²) < 4.78 is 0. The van der Waals surface area contributed by atoms with Crippen molar-refractivity contribution in [1.29, 1.82) is 0 Å². The molecule has 0 aromatic heterocycles. The van der Waals surface area contributed by atoms with Gasteiger partial charge in [0.25, 0.3) is 0 Å². The molecule has 0 aromatic carbocycles. The van der Waals surface area contributed by atoms with Gasteiger partial charge in [-0.2, -0.15) is 11.8 Å². The van der Waals surface area contributed by atoms with Crippen molar-refractivity contribution in [3.8, 4) is 0 Å². The Hall–Kier alpha value is -0.710. The maximum Gasteiger partial charge on any atom is 0.246 e. The lowest BCUT2D eigenvalue weighted by molar-refractivity contribution is -0.154. The van der Waals surface area contributed by atoms with Crippen molar-refractivity contribution in [1.82, 2.24) is 10.2 Å². The Morgan fingerprint density at radius 1 is 1.24 bits per heavy atom. The molecular weight excluding hydrogens is 284 g/mol. The smallest absolute Gasteiger partial charge is 0.246 e. The Morgan fingerprint density at radius 2 is 1.86 bits per heavy atom. The fourth-order valence-electron chi connectivity index (χ4n) is 2.76. The highest BCUT2D eigenvalue weighted by Crippen LogP contribution is 2.27. The first-order valence-electron chi connectivity index (χ1n) is 7.80. The van der Waals surface area contributed by atoms with Gasteiger partial charge in [0.15, 0.2) is 0 Å². The summed E-state index contributed by atoms with van der Waals surface area (Å²) in [7, 11) is 0. The van der Waals surface area contributed by atoms with Crippen LogP contribution in [0, 0.1) is 11.3 Å². The average Bonchev–Trinajstić information content (AvgIpc) is 2.36. The molecule has 0 radical (unpaired) electrons. The fraction of sp³-hybridized carbons (Fsp3) is 0.875. The number of carbonyl (C=O) groups excluding carboxylic acids is 2. The Labute approximate surface area is 133 Å². The van der Waals surface area contributed by atoms with E-state index in [1.54, 1.807) is 0 Å². The third-order valence-corrected chi connectivity index (χ3v) is 4.61. The van der Waals surface area contributed by atoms with E-state index in [2.05, 4.69) is 11.6 Å². The number of carbonyl (C=O) groups is 2. The predicted molar refractivity (Wildman–Crippen MR) is 89.3 cm³/mol. The topological polar surface area (TPSA) is 49.4 Å². The molecule has 1 N–H and O–H groups in total. The largest absolute Gasteiger partial charge is 0.342 e. The second kappa shape index (κ2) is 7.52. The number of nitrogens with one attached hydrogen (secondary N) is 1. The average molecular weight is 314 g/mol. The highest BCUT2D eigenvalue weighted by atomic mass is 32.2. The molecule has 2 atom stereocenters. The zero-order valence-corrected chi connectivity index (χ0v) is 15.0. The molecule has 21 heavy (non-hydrogen) atoms. The highest BCUT2D eigenvalue weighted by Gasteiger charge is 2.45. The summed E-state index contributed by atoms with van der Waals surface area (Å²) in [5, 5.41) is 2.93. The molecular formula is C16H30N2O2S. The lowest BCUT2D eigenvalue weighted by Crippen LogP contribution is -2.67. The third-order valence-electron chi connectivity index (χ3n) is 3.92. The zero-order chi connectivity index (χ0) is 16.2. The van der Waals surface area contributed by atoms with Crippen LogP contribution in [0.1, 0.15) is 47.5 Å². The second-order valence-corrected chi connectivity index (χ2v) is 8.21. The molecule has 1 saturated heterocycles. The van der Waals surface area contributed by atoms with Gasteiger partial charge in [0.2, 0.25) is 11.8 Å². The van der Waals surface area contributed by atoms with Crippen LogP contribution < -0.4 is 5.32 Å². The summed E-state index contributed by atoms with van der Waals surface area (Å²) >= 11 is 1.82. The van der Waals surface area contributed by atoms with Gasteiger partial charge in [0.1, 0.15) is 12.1 Å². The Bertz CT molecular complexity index is 377. The predicted octanol–water partition coefficient (Wildman–Crippen LogP) is 2.53. The Morgan fingerprint density at radius 3 is 2.33 bits per heavy atom. The van der Waals surface area contributed by atoms with E-state index < -0.39 is 6.04 Å². The van der Waals surface area contributed by atoms with Crippen molar-refractivity contribution in [2.24, 2.45) is 11.3 Å². The van der Waals surface area contributed by atoms with Crippen LogP contribution in [-0.4, -0.2) is 47.4 Å². The zero-order valence-electron chi connectivity index (χ0n) is 14.2. The molecule has 122 valence electrons. The van der Waals surface area contributed by atoms with Crippen molar-refractivity contribution in [2.75, 3.05) is 18.6 Å². The van der Waals surface area contributed by atoms with E-state index in [-0.39, 0.29) is 29.2 Å². The molecule has 2 unspecified atom stereocenters. The minimum absolute atomic E-state index is 0.00519. The van der Waals surface area contributed by atoms with Gasteiger partial charge in [-0.25, -0.2) is 0 Å². The van der Waals surface area contributed by atoms with E-state index in [4.69, 9.17) is 0 Å². The van der Waals surface area contributed by atoms with Crippen molar-refractivity contribution in [3.63, 3.8) is 0 Å². The molecule has 5 heteroatoms. The van der Waals surface area contributed by atoms with E-state index in [9.17, 15) is 9.59 Å². The molecule has 0 saturated carbocycles.